The van der Waals surface area contributed by atoms with Crippen LogP contribution in [0.25, 0.3) is 11.3 Å². The maximum absolute atomic E-state index is 13.0. The topological polar surface area (TPSA) is 171 Å². The minimum Gasteiger partial charge on any atom is -0.507 e. The van der Waals surface area contributed by atoms with E-state index in [4.69, 9.17) is 10.5 Å². The van der Waals surface area contributed by atoms with Crippen molar-refractivity contribution in [2.75, 3.05) is 43.4 Å². The first-order valence-electron chi connectivity index (χ1n) is 17.1. The third-order valence-electron chi connectivity index (χ3n) is 9.54. The van der Waals surface area contributed by atoms with E-state index >= 15 is 0 Å². The smallest absolute Gasteiger partial charge is 0.255 e. The van der Waals surface area contributed by atoms with E-state index in [0.717, 1.165) is 49.8 Å². The number of carbonyl (C=O) groups is 4. The molecule has 0 aliphatic carbocycles. The highest BCUT2D eigenvalue weighted by Gasteiger charge is 2.40. The second-order valence-corrected chi connectivity index (χ2v) is 12.8. The SMILES string of the molecule is Nc1nnc(-c2ccccc2O)cc1N1CCN(C(=O)CCCCCCCCOc2cccc3c2CN(C2CCC(=O)NC2=O)C3=O)CC1. The monoisotopic (exact) mass is 669 g/mol. The van der Waals surface area contributed by atoms with Crippen LogP contribution in [0.4, 0.5) is 11.5 Å². The maximum atomic E-state index is 13.0. The number of aromatic nitrogens is 2. The molecule has 3 aliphatic rings. The number of carbonyl (C=O) groups excluding carboxylic acids is 4. The lowest BCUT2D eigenvalue weighted by molar-refractivity contribution is -0.137. The van der Waals surface area contributed by atoms with Crippen molar-refractivity contribution in [2.45, 2.75) is 70.4 Å². The van der Waals surface area contributed by atoms with Crippen molar-refractivity contribution in [1.29, 1.82) is 0 Å². The van der Waals surface area contributed by atoms with E-state index in [0.29, 0.717) is 80.6 Å². The number of hydrogen-bond acceptors (Lipinski definition) is 10. The van der Waals surface area contributed by atoms with Crippen molar-refractivity contribution < 1.29 is 29.0 Å². The van der Waals surface area contributed by atoms with Crippen molar-refractivity contribution in [3.8, 4) is 22.8 Å². The maximum Gasteiger partial charge on any atom is 0.255 e. The van der Waals surface area contributed by atoms with Crippen LogP contribution in [0.15, 0.2) is 48.5 Å². The molecule has 0 spiro atoms. The summed E-state index contributed by atoms with van der Waals surface area (Å²) < 4.78 is 6.07. The third-order valence-corrected chi connectivity index (χ3v) is 9.54. The third kappa shape index (κ3) is 7.76. The predicted octanol–water partition coefficient (Wildman–Crippen LogP) is 3.65. The standard InChI is InChI=1S/C36H43N7O6/c37-34-29(22-27(39-40-34)25-10-6-7-12-30(25)44)41-17-19-42(20-18-41)33(46)14-5-3-1-2-4-8-21-49-31-13-9-11-24-26(31)23-43(36(24)48)28-15-16-32(45)38-35(28)47/h6-7,9-13,22,28,44H,1-5,8,14-21,23H2,(H2,37,40)(H,38,45,47). The second-order valence-electron chi connectivity index (χ2n) is 12.8. The van der Waals surface area contributed by atoms with Gasteiger partial charge in [-0.05, 0) is 49.6 Å². The van der Waals surface area contributed by atoms with E-state index in [2.05, 4.69) is 20.4 Å². The Morgan fingerprint density at radius 2 is 1.65 bits per heavy atom. The van der Waals surface area contributed by atoms with E-state index in [1.165, 1.54) is 4.90 Å². The number of piperidine rings is 1. The number of fused-ring (bicyclic) bond motifs is 1. The molecule has 0 bridgehead atoms. The number of nitrogens with two attached hydrogens (primary N) is 1. The predicted molar refractivity (Wildman–Crippen MR) is 183 cm³/mol. The first-order chi connectivity index (χ1) is 23.8. The molecule has 13 heteroatoms. The van der Waals surface area contributed by atoms with Crippen molar-refractivity contribution in [3.63, 3.8) is 0 Å². The molecule has 4 N–H and O–H groups in total. The lowest BCUT2D eigenvalue weighted by Crippen LogP contribution is -2.52. The van der Waals surface area contributed by atoms with Gasteiger partial charge in [-0.25, -0.2) is 0 Å². The van der Waals surface area contributed by atoms with Crippen LogP contribution in [0.2, 0.25) is 0 Å². The van der Waals surface area contributed by atoms with Crippen LogP contribution in [0.3, 0.4) is 0 Å². The number of anilines is 2. The molecule has 258 valence electrons. The van der Waals surface area contributed by atoms with Gasteiger partial charge in [0.15, 0.2) is 5.82 Å². The Balaban J connectivity index is 0.857. The highest BCUT2D eigenvalue weighted by Crippen LogP contribution is 2.34. The first kappa shape index (κ1) is 33.7. The van der Waals surface area contributed by atoms with Gasteiger partial charge in [0, 0.05) is 55.7 Å². The van der Waals surface area contributed by atoms with Crippen LogP contribution in [-0.2, 0) is 20.9 Å². The van der Waals surface area contributed by atoms with E-state index in [9.17, 15) is 24.3 Å². The fourth-order valence-corrected chi connectivity index (χ4v) is 6.78. The Kier molecular flexibility index (Phi) is 10.6. The van der Waals surface area contributed by atoms with Gasteiger partial charge in [0.1, 0.15) is 17.5 Å². The van der Waals surface area contributed by atoms with Gasteiger partial charge >= 0.3 is 0 Å². The average Bonchev–Trinajstić information content (AvgIpc) is 3.44. The summed E-state index contributed by atoms with van der Waals surface area (Å²) in [6, 6.07) is 13.6. The zero-order valence-corrected chi connectivity index (χ0v) is 27.6. The number of piperazine rings is 1. The minimum absolute atomic E-state index is 0.130. The van der Waals surface area contributed by atoms with E-state index in [1.807, 2.05) is 23.1 Å². The summed E-state index contributed by atoms with van der Waals surface area (Å²) in [5.41, 5.74) is 9.39. The van der Waals surface area contributed by atoms with Gasteiger partial charge in [-0.3, -0.25) is 24.5 Å². The van der Waals surface area contributed by atoms with E-state index in [1.54, 1.807) is 30.3 Å². The minimum atomic E-state index is -0.645. The molecule has 4 heterocycles. The van der Waals surface area contributed by atoms with Gasteiger partial charge in [0.05, 0.1) is 24.5 Å². The van der Waals surface area contributed by atoms with Crippen molar-refractivity contribution in [3.05, 3.63) is 59.7 Å². The number of ether oxygens (including phenoxy) is 1. The molecule has 1 atom stereocenters. The van der Waals surface area contributed by atoms with Crippen molar-refractivity contribution >= 4 is 35.1 Å². The highest BCUT2D eigenvalue weighted by atomic mass is 16.5. The molecule has 4 amide bonds. The molecule has 1 aromatic heterocycles. The largest absolute Gasteiger partial charge is 0.507 e. The molecule has 3 aliphatic heterocycles. The number of nitrogens with one attached hydrogen (secondary N) is 1. The van der Waals surface area contributed by atoms with Crippen LogP contribution in [-0.4, -0.2) is 87.6 Å². The molecule has 2 fully saturated rings. The normalized spacial score (nSPS) is 17.7. The van der Waals surface area contributed by atoms with Crippen LogP contribution >= 0.6 is 0 Å². The van der Waals surface area contributed by atoms with Crippen molar-refractivity contribution in [2.24, 2.45) is 0 Å². The number of amides is 4. The molecule has 1 unspecified atom stereocenters. The summed E-state index contributed by atoms with van der Waals surface area (Å²) in [5.74, 6) is 0.363. The number of para-hydroxylation sites is 1. The summed E-state index contributed by atoms with van der Waals surface area (Å²) in [6.07, 6.45) is 6.92. The molecular weight excluding hydrogens is 626 g/mol. The Bertz CT molecular complexity index is 1710. The molecule has 0 saturated carbocycles. The lowest BCUT2D eigenvalue weighted by Gasteiger charge is -2.36. The Morgan fingerprint density at radius 1 is 0.918 bits per heavy atom. The van der Waals surface area contributed by atoms with E-state index in [-0.39, 0.29) is 29.9 Å². The fourth-order valence-electron chi connectivity index (χ4n) is 6.78. The summed E-state index contributed by atoms with van der Waals surface area (Å²) in [6.45, 7) is 3.34. The summed E-state index contributed by atoms with van der Waals surface area (Å²) >= 11 is 0. The lowest BCUT2D eigenvalue weighted by atomic mass is 10.0. The van der Waals surface area contributed by atoms with Crippen molar-refractivity contribution in [1.82, 2.24) is 25.3 Å². The van der Waals surface area contributed by atoms with Crippen LogP contribution in [0.1, 0.15) is 73.7 Å². The van der Waals surface area contributed by atoms with Gasteiger partial charge in [-0.15, -0.1) is 10.2 Å². The first-order valence-corrected chi connectivity index (χ1v) is 17.1. The van der Waals surface area contributed by atoms with Gasteiger partial charge in [-0.1, -0.05) is 43.9 Å². The molecular formula is C36H43N7O6. The molecule has 49 heavy (non-hydrogen) atoms. The number of hydrogen-bond donors (Lipinski definition) is 3. The van der Waals surface area contributed by atoms with Gasteiger partial charge in [0.2, 0.25) is 17.7 Å². The molecule has 3 aromatic rings. The number of nitrogens with zero attached hydrogens (tertiary/aromatic N) is 5. The number of unbranched alkanes of at least 4 members (excludes halogenated alkanes) is 5. The van der Waals surface area contributed by atoms with Crippen LogP contribution in [0.5, 0.6) is 11.5 Å². The molecule has 2 aromatic carbocycles. The number of phenols is 1. The van der Waals surface area contributed by atoms with Crippen LogP contribution < -0.4 is 20.7 Å². The Labute approximate surface area is 285 Å². The van der Waals surface area contributed by atoms with E-state index < -0.39 is 11.9 Å². The Hall–Kier alpha value is -5.20. The molecule has 13 nitrogen and oxygen atoms in total. The second kappa shape index (κ2) is 15.3. The summed E-state index contributed by atoms with van der Waals surface area (Å²) in [7, 11) is 0. The summed E-state index contributed by atoms with van der Waals surface area (Å²) in [5, 5.41) is 20.8. The zero-order chi connectivity index (χ0) is 34.3. The Morgan fingerprint density at radius 3 is 2.43 bits per heavy atom. The molecule has 6 rings (SSSR count). The quantitative estimate of drug-likeness (QED) is 0.180. The number of benzene rings is 2. The average molecular weight is 670 g/mol. The van der Waals surface area contributed by atoms with Gasteiger partial charge < -0.3 is 30.3 Å². The number of phenolic OH excluding ortho intramolecular Hbond substituents is 1. The number of rotatable bonds is 13. The van der Waals surface area contributed by atoms with Gasteiger partial charge in [0.25, 0.3) is 5.91 Å². The molecule has 2 saturated heterocycles. The zero-order valence-electron chi connectivity index (χ0n) is 27.6. The summed E-state index contributed by atoms with van der Waals surface area (Å²) in [4.78, 5) is 55.4. The fraction of sp³-hybridized carbons (Fsp3) is 0.444. The van der Waals surface area contributed by atoms with Gasteiger partial charge in [-0.2, -0.15) is 0 Å². The highest BCUT2D eigenvalue weighted by molar-refractivity contribution is 6.05. The molecule has 0 radical (unpaired) electrons. The number of aromatic hydroxyl groups is 1. The number of nitrogen functional groups attached to an aromatic ring is 1. The number of imide groups is 1. The van der Waals surface area contributed by atoms with Crippen LogP contribution in [0, 0.1) is 0 Å².